The van der Waals surface area contributed by atoms with Crippen molar-refractivity contribution in [3.05, 3.63) is 113 Å². The van der Waals surface area contributed by atoms with Gasteiger partial charge in [-0.05, 0) is 73.1 Å². The van der Waals surface area contributed by atoms with Gasteiger partial charge in [-0.2, -0.15) is 0 Å². The first-order valence-electron chi connectivity index (χ1n) is 13.7. The normalized spacial score (nSPS) is 15.8. The predicted octanol–water partition coefficient (Wildman–Crippen LogP) is 5.81. The van der Waals surface area contributed by atoms with Gasteiger partial charge >= 0.3 is 0 Å². The van der Waals surface area contributed by atoms with Crippen molar-refractivity contribution in [3.8, 4) is 0 Å². The fraction of sp³-hybridized carbons (Fsp3) is 0.312. The lowest BCUT2D eigenvalue weighted by molar-refractivity contribution is -0.119. The van der Waals surface area contributed by atoms with E-state index in [0.29, 0.717) is 19.4 Å². The Balaban J connectivity index is 1.46. The first-order chi connectivity index (χ1) is 19.2. The Morgan fingerprint density at radius 3 is 2.55 bits per heavy atom. The number of fused-ring (bicyclic) bond motifs is 1. The SMILES string of the molecule is Cc1ccc(S(=O)(=O)N[C@H]2CCCc3ccc(N(Cc4nccn4C)C(=O)C[C@H](C)c4ccccc4)cc32)cc1. The molecule has 1 aliphatic rings. The van der Waals surface area contributed by atoms with E-state index in [4.69, 9.17) is 0 Å². The summed E-state index contributed by atoms with van der Waals surface area (Å²) in [5.41, 5.74) is 4.89. The Hall–Kier alpha value is -3.75. The Labute approximate surface area is 236 Å². The number of rotatable bonds is 9. The van der Waals surface area contributed by atoms with Gasteiger partial charge in [0, 0.05) is 37.6 Å². The molecule has 1 heterocycles. The van der Waals surface area contributed by atoms with Gasteiger partial charge in [-0.3, -0.25) is 4.79 Å². The van der Waals surface area contributed by atoms with E-state index in [1.165, 1.54) is 0 Å². The van der Waals surface area contributed by atoms with E-state index in [1.54, 1.807) is 35.4 Å². The number of hydrogen-bond donors (Lipinski definition) is 1. The van der Waals surface area contributed by atoms with Crippen molar-refractivity contribution in [2.24, 2.45) is 7.05 Å². The lowest BCUT2D eigenvalue weighted by Gasteiger charge is -2.30. The van der Waals surface area contributed by atoms with Crippen molar-refractivity contribution in [2.45, 2.75) is 62.9 Å². The molecule has 8 heteroatoms. The number of aryl methyl sites for hydroxylation is 3. The summed E-state index contributed by atoms with van der Waals surface area (Å²) in [4.78, 5) is 20.3. The fourth-order valence-electron chi connectivity index (χ4n) is 5.33. The third-order valence-corrected chi connectivity index (χ3v) is 9.24. The summed E-state index contributed by atoms with van der Waals surface area (Å²) in [5.74, 6) is 0.811. The Morgan fingerprint density at radius 2 is 1.85 bits per heavy atom. The van der Waals surface area contributed by atoms with Crippen LogP contribution in [0.1, 0.15) is 66.2 Å². The number of carbonyl (C=O) groups is 1. The van der Waals surface area contributed by atoms with Gasteiger partial charge in [0.15, 0.2) is 0 Å². The zero-order valence-corrected chi connectivity index (χ0v) is 24.1. The Kier molecular flexibility index (Phi) is 8.19. The molecule has 0 saturated carbocycles. The van der Waals surface area contributed by atoms with Crippen LogP contribution in [0.4, 0.5) is 5.69 Å². The topological polar surface area (TPSA) is 84.3 Å². The van der Waals surface area contributed by atoms with E-state index in [9.17, 15) is 13.2 Å². The highest BCUT2D eigenvalue weighted by atomic mass is 32.2. The molecule has 1 N–H and O–H groups in total. The lowest BCUT2D eigenvalue weighted by Crippen LogP contribution is -2.34. The van der Waals surface area contributed by atoms with E-state index in [2.05, 4.69) is 16.6 Å². The summed E-state index contributed by atoms with van der Waals surface area (Å²) >= 11 is 0. The molecule has 1 aromatic heterocycles. The molecular weight excluding hydrogens is 520 g/mol. The van der Waals surface area contributed by atoms with Gasteiger partial charge in [0.05, 0.1) is 11.4 Å². The minimum atomic E-state index is -3.71. The molecule has 1 amide bonds. The van der Waals surface area contributed by atoms with Gasteiger partial charge < -0.3 is 9.47 Å². The smallest absolute Gasteiger partial charge is 0.241 e. The monoisotopic (exact) mass is 556 g/mol. The summed E-state index contributed by atoms with van der Waals surface area (Å²) < 4.78 is 31.4. The highest BCUT2D eigenvalue weighted by Crippen LogP contribution is 2.35. The molecule has 0 unspecified atom stereocenters. The summed E-state index contributed by atoms with van der Waals surface area (Å²) in [6, 6.07) is 22.6. The maximum absolute atomic E-state index is 13.8. The number of imidazole rings is 1. The van der Waals surface area contributed by atoms with Crippen LogP contribution in [0.15, 0.2) is 90.1 Å². The van der Waals surface area contributed by atoms with Crippen molar-refractivity contribution in [2.75, 3.05) is 4.90 Å². The van der Waals surface area contributed by atoms with Crippen LogP contribution >= 0.6 is 0 Å². The Morgan fingerprint density at radius 1 is 1.10 bits per heavy atom. The van der Waals surface area contributed by atoms with Gasteiger partial charge in [0.1, 0.15) is 5.82 Å². The van der Waals surface area contributed by atoms with Crippen molar-refractivity contribution >= 4 is 21.6 Å². The largest absolute Gasteiger partial charge is 0.337 e. The molecule has 3 aromatic carbocycles. The van der Waals surface area contributed by atoms with Crippen LogP contribution in [0.5, 0.6) is 0 Å². The van der Waals surface area contributed by atoms with Gasteiger partial charge in [-0.15, -0.1) is 0 Å². The number of sulfonamides is 1. The highest BCUT2D eigenvalue weighted by Gasteiger charge is 2.28. The first-order valence-corrected chi connectivity index (χ1v) is 15.2. The number of amides is 1. The molecule has 0 bridgehead atoms. The number of nitrogens with zero attached hydrogens (tertiary/aromatic N) is 3. The standard InChI is InChI=1S/C32H36N4O3S/c1-23-12-16-28(17-13-23)40(38,39)34-30-11-7-10-26-14-15-27(21-29(26)30)36(22-31-33-18-19-35(31)3)32(37)20-24(2)25-8-5-4-6-9-25/h4-6,8-9,12-19,21,24,30,34H,7,10-11,20,22H2,1-3H3/t24-,30-/m0/s1. The molecule has 0 radical (unpaired) electrons. The number of hydrogen-bond acceptors (Lipinski definition) is 4. The second-order valence-corrected chi connectivity index (χ2v) is 12.4. The van der Waals surface area contributed by atoms with Crippen LogP contribution in [-0.4, -0.2) is 23.9 Å². The maximum Gasteiger partial charge on any atom is 0.241 e. The number of anilines is 1. The molecule has 1 aliphatic carbocycles. The minimum absolute atomic E-state index is 0.00750. The van der Waals surface area contributed by atoms with Crippen LogP contribution in [0.25, 0.3) is 0 Å². The molecule has 0 fully saturated rings. The molecule has 0 aliphatic heterocycles. The average molecular weight is 557 g/mol. The molecule has 0 saturated heterocycles. The predicted molar refractivity (Wildman–Crippen MR) is 157 cm³/mol. The highest BCUT2D eigenvalue weighted by molar-refractivity contribution is 7.89. The minimum Gasteiger partial charge on any atom is -0.337 e. The van der Waals surface area contributed by atoms with Crippen molar-refractivity contribution in [1.82, 2.24) is 14.3 Å². The Bertz CT molecular complexity index is 1580. The number of nitrogens with one attached hydrogen (secondary N) is 1. The van der Waals surface area contributed by atoms with Crippen LogP contribution < -0.4 is 9.62 Å². The number of aromatic nitrogens is 2. The van der Waals surface area contributed by atoms with E-state index in [1.807, 2.05) is 73.3 Å². The van der Waals surface area contributed by atoms with E-state index < -0.39 is 10.0 Å². The molecule has 4 aromatic rings. The van der Waals surface area contributed by atoms with Crippen LogP contribution in [0.2, 0.25) is 0 Å². The third-order valence-electron chi connectivity index (χ3n) is 7.76. The van der Waals surface area contributed by atoms with Crippen LogP contribution in [-0.2, 0) is 34.8 Å². The summed E-state index contributed by atoms with van der Waals surface area (Å²) in [7, 11) is -1.79. The molecule has 2 atom stereocenters. The van der Waals surface area contributed by atoms with Crippen molar-refractivity contribution in [1.29, 1.82) is 0 Å². The molecule has 40 heavy (non-hydrogen) atoms. The zero-order chi connectivity index (χ0) is 28.3. The van der Waals surface area contributed by atoms with Crippen molar-refractivity contribution < 1.29 is 13.2 Å². The van der Waals surface area contributed by atoms with Gasteiger partial charge in [0.2, 0.25) is 15.9 Å². The molecule has 0 spiro atoms. The van der Waals surface area contributed by atoms with Crippen LogP contribution in [0, 0.1) is 6.92 Å². The molecule has 7 nitrogen and oxygen atoms in total. The molecule has 5 rings (SSSR count). The zero-order valence-electron chi connectivity index (χ0n) is 23.2. The molecule has 208 valence electrons. The van der Waals surface area contributed by atoms with Gasteiger partial charge in [-0.1, -0.05) is 61.0 Å². The summed E-state index contributed by atoms with van der Waals surface area (Å²) in [5, 5.41) is 0. The van der Waals surface area contributed by atoms with Crippen molar-refractivity contribution in [3.63, 3.8) is 0 Å². The van der Waals surface area contributed by atoms with E-state index in [-0.39, 0.29) is 22.8 Å². The van der Waals surface area contributed by atoms with Crippen LogP contribution in [0.3, 0.4) is 0 Å². The second kappa shape index (κ2) is 11.8. The fourth-order valence-corrected chi connectivity index (χ4v) is 6.58. The molecular formula is C32H36N4O3S. The summed E-state index contributed by atoms with van der Waals surface area (Å²) in [6.07, 6.45) is 6.39. The second-order valence-electron chi connectivity index (χ2n) is 10.7. The number of carbonyl (C=O) groups excluding carboxylic acids is 1. The quantitative estimate of drug-likeness (QED) is 0.282. The van der Waals surface area contributed by atoms with Gasteiger partial charge in [0.25, 0.3) is 0 Å². The maximum atomic E-state index is 13.8. The average Bonchev–Trinajstić information content (AvgIpc) is 3.36. The van der Waals surface area contributed by atoms with E-state index >= 15 is 0 Å². The number of benzene rings is 3. The lowest BCUT2D eigenvalue weighted by atomic mass is 9.87. The first kappa shape index (κ1) is 27.8. The third kappa shape index (κ3) is 6.18. The van der Waals surface area contributed by atoms with Gasteiger partial charge in [-0.25, -0.2) is 18.1 Å². The van der Waals surface area contributed by atoms with E-state index in [0.717, 1.165) is 46.6 Å². The summed E-state index contributed by atoms with van der Waals surface area (Å²) in [6.45, 7) is 4.32.